The zero-order chi connectivity index (χ0) is 15.8. The molecule has 0 radical (unpaired) electrons. The number of aromatic amines is 1. The number of aryl methyl sites for hydroxylation is 1. The van der Waals surface area contributed by atoms with E-state index in [9.17, 15) is 0 Å². The first kappa shape index (κ1) is 13.3. The van der Waals surface area contributed by atoms with Crippen LogP contribution in [0.1, 0.15) is 5.56 Å². The van der Waals surface area contributed by atoms with E-state index < -0.39 is 0 Å². The Hall–Kier alpha value is -3.39. The van der Waals surface area contributed by atoms with E-state index in [1.807, 2.05) is 49.9 Å². The number of fused-ring (bicyclic) bond motifs is 1. The third-order valence-corrected chi connectivity index (χ3v) is 3.89. The number of nitrogens with one attached hydrogen (secondary N) is 1. The molecule has 4 rings (SSSR count). The van der Waals surface area contributed by atoms with Gasteiger partial charge in [-0.1, -0.05) is 12.1 Å². The summed E-state index contributed by atoms with van der Waals surface area (Å²) in [5, 5.41) is 14.4. The third-order valence-electron chi connectivity index (χ3n) is 3.89. The van der Waals surface area contributed by atoms with Crippen LogP contribution in [0.3, 0.4) is 0 Å². The van der Waals surface area contributed by atoms with Gasteiger partial charge in [0, 0.05) is 42.2 Å². The van der Waals surface area contributed by atoms with Crippen LogP contribution in [-0.4, -0.2) is 19.7 Å². The van der Waals surface area contributed by atoms with Gasteiger partial charge in [-0.05, 0) is 29.3 Å². The van der Waals surface area contributed by atoms with Gasteiger partial charge >= 0.3 is 0 Å². The number of nitriles is 1. The van der Waals surface area contributed by atoms with E-state index in [4.69, 9.17) is 5.26 Å². The van der Waals surface area contributed by atoms with E-state index in [2.05, 4.69) is 21.1 Å². The summed E-state index contributed by atoms with van der Waals surface area (Å²) in [5.41, 5.74) is 5.60. The van der Waals surface area contributed by atoms with E-state index in [1.165, 1.54) is 0 Å². The molecule has 1 aromatic carbocycles. The van der Waals surface area contributed by atoms with Gasteiger partial charge in [-0.2, -0.15) is 10.4 Å². The van der Waals surface area contributed by atoms with Gasteiger partial charge in [-0.15, -0.1) is 0 Å². The predicted octanol–water partition coefficient (Wildman–Crippen LogP) is 3.50. The van der Waals surface area contributed by atoms with Crippen molar-refractivity contribution in [1.29, 1.82) is 5.26 Å². The van der Waals surface area contributed by atoms with Gasteiger partial charge in [0.2, 0.25) is 0 Å². The fraction of sp³-hybridized carbons (Fsp3) is 0.0556. The maximum Gasteiger partial charge on any atom is 0.138 e. The second kappa shape index (κ2) is 5.11. The molecule has 4 aromatic rings. The van der Waals surface area contributed by atoms with Crippen LogP contribution in [0.2, 0.25) is 0 Å². The van der Waals surface area contributed by atoms with Gasteiger partial charge in [0.1, 0.15) is 5.65 Å². The highest BCUT2D eigenvalue weighted by atomic mass is 15.2. The lowest BCUT2D eigenvalue weighted by Crippen LogP contribution is -1.85. The largest absolute Gasteiger partial charge is 0.345 e. The highest BCUT2D eigenvalue weighted by Crippen LogP contribution is 2.35. The van der Waals surface area contributed by atoms with Crippen molar-refractivity contribution in [3.8, 4) is 28.3 Å². The smallest absolute Gasteiger partial charge is 0.138 e. The fourth-order valence-electron chi connectivity index (χ4n) is 2.84. The Bertz CT molecular complexity index is 1050. The Kier molecular flexibility index (Phi) is 2.95. The lowest BCUT2D eigenvalue weighted by atomic mass is 9.98. The quantitative estimate of drug-likeness (QED) is 0.616. The van der Waals surface area contributed by atoms with Crippen molar-refractivity contribution in [2.45, 2.75) is 0 Å². The molecule has 0 amide bonds. The Labute approximate surface area is 132 Å². The Balaban J connectivity index is 2.00. The molecule has 0 aliphatic heterocycles. The Morgan fingerprint density at radius 1 is 1.17 bits per heavy atom. The van der Waals surface area contributed by atoms with Gasteiger partial charge in [-0.3, -0.25) is 4.68 Å². The normalized spacial score (nSPS) is 10.8. The molecule has 0 fully saturated rings. The molecule has 110 valence electrons. The molecule has 23 heavy (non-hydrogen) atoms. The summed E-state index contributed by atoms with van der Waals surface area (Å²) in [4.78, 5) is 7.64. The molecule has 5 heteroatoms. The maximum absolute atomic E-state index is 9.14. The van der Waals surface area contributed by atoms with Crippen LogP contribution in [0.5, 0.6) is 0 Å². The molecule has 0 spiro atoms. The van der Waals surface area contributed by atoms with E-state index in [-0.39, 0.29) is 0 Å². The average molecular weight is 299 g/mol. The highest BCUT2D eigenvalue weighted by Gasteiger charge is 2.14. The summed E-state index contributed by atoms with van der Waals surface area (Å²) in [5.74, 6) is 0. The third kappa shape index (κ3) is 2.17. The first-order chi connectivity index (χ1) is 11.3. The van der Waals surface area contributed by atoms with Crippen molar-refractivity contribution in [2.24, 2.45) is 7.05 Å². The number of hydrogen-bond donors (Lipinski definition) is 1. The molecule has 0 bridgehead atoms. The van der Waals surface area contributed by atoms with Crippen LogP contribution in [-0.2, 0) is 7.05 Å². The summed E-state index contributed by atoms with van der Waals surface area (Å²) in [6, 6.07) is 11.8. The molecule has 0 saturated heterocycles. The number of nitrogens with zero attached hydrogens (tertiary/aromatic N) is 4. The molecule has 1 N–H and O–H groups in total. The van der Waals surface area contributed by atoms with Crippen LogP contribution < -0.4 is 0 Å². The minimum atomic E-state index is 0.644. The summed E-state index contributed by atoms with van der Waals surface area (Å²) in [7, 11) is 1.90. The molecular formula is C18H13N5. The van der Waals surface area contributed by atoms with Crippen LogP contribution in [0.15, 0.2) is 55.1 Å². The molecule has 0 aliphatic carbocycles. The first-order valence-electron chi connectivity index (χ1n) is 7.22. The highest BCUT2D eigenvalue weighted by molar-refractivity contribution is 6.03. The molecular weight excluding hydrogens is 286 g/mol. The Morgan fingerprint density at radius 2 is 2.09 bits per heavy atom. The second-order valence-electron chi connectivity index (χ2n) is 5.38. The first-order valence-corrected chi connectivity index (χ1v) is 7.22. The Morgan fingerprint density at radius 3 is 2.87 bits per heavy atom. The number of H-pyrrole nitrogens is 1. The van der Waals surface area contributed by atoms with Gasteiger partial charge in [0.25, 0.3) is 0 Å². The van der Waals surface area contributed by atoms with Gasteiger partial charge in [-0.25, -0.2) is 4.98 Å². The van der Waals surface area contributed by atoms with Crippen molar-refractivity contribution in [3.63, 3.8) is 0 Å². The number of hydrogen-bond acceptors (Lipinski definition) is 3. The predicted molar refractivity (Wildman–Crippen MR) is 88.4 cm³/mol. The van der Waals surface area contributed by atoms with Crippen LogP contribution in [0, 0.1) is 11.3 Å². The zero-order valence-corrected chi connectivity index (χ0v) is 12.5. The molecule has 0 aliphatic rings. The van der Waals surface area contributed by atoms with E-state index in [1.54, 1.807) is 16.9 Å². The maximum atomic E-state index is 9.14. The van der Waals surface area contributed by atoms with Crippen molar-refractivity contribution in [2.75, 3.05) is 0 Å². The standard InChI is InChI=1S/C18H13N5/c1-23-11-14(9-22-23)16-10-21-18-17(16)15(5-6-20-18)13-4-2-3-12(7-13)8-19/h2-7,9-11H,1H3,(H,20,21). The minimum Gasteiger partial charge on any atom is -0.345 e. The van der Waals surface area contributed by atoms with E-state index in [0.717, 1.165) is 33.3 Å². The van der Waals surface area contributed by atoms with E-state index in [0.29, 0.717) is 5.56 Å². The molecule has 0 atom stereocenters. The second-order valence-corrected chi connectivity index (χ2v) is 5.38. The van der Waals surface area contributed by atoms with Crippen molar-refractivity contribution in [3.05, 3.63) is 60.7 Å². The lowest BCUT2D eigenvalue weighted by Gasteiger charge is -2.06. The molecule has 3 heterocycles. The summed E-state index contributed by atoms with van der Waals surface area (Å²) >= 11 is 0. The molecule has 0 unspecified atom stereocenters. The van der Waals surface area contributed by atoms with Crippen molar-refractivity contribution in [1.82, 2.24) is 19.7 Å². The zero-order valence-electron chi connectivity index (χ0n) is 12.5. The summed E-state index contributed by atoms with van der Waals surface area (Å²) < 4.78 is 1.78. The molecule has 3 aromatic heterocycles. The minimum absolute atomic E-state index is 0.644. The number of aromatic nitrogens is 4. The average Bonchev–Trinajstić information content (AvgIpc) is 3.20. The lowest BCUT2D eigenvalue weighted by molar-refractivity contribution is 0.768. The van der Waals surface area contributed by atoms with Crippen LogP contribution >= 0.6 is 0 Å². The van der Waals surface area contributed by atoms with E-state index >= 15 is 0 Å². The monoisotopic (exact) mass is 299 g/mol. The number of pyridine rings is 1. The summed E-state index contributed by atoms with van der Waals surface area (Å²) in [6.45, 7) is 0. The number of benzene rings is 1. The van der Waals surface area contributed by atoms with Gasteiger partial charge in [0.15, 0.2) is 0 Å². The SMILES string of the molecule is Cn1cc(-c2c[nH]c3nccc(-c4cccc(C#N)c4)c23)cn1. The van der Waals surface area contributed by atoms with Crippen molar-refractivity contribution < 1.29 is 0 Å². The van der Waals surface area contributed by atoms with Crippen LogP contribution in [0.4, 0.5) is 0 Å². The number of rotatable bonds is 2. The topological polar surface area (TPSA) is 70.3 Å². The van der Waals surface area contributed by atoms with Crippen LogP contribution in [0.25, 0.3) is 33.3 Å². The molecule has 5 nitrogen and oxygen atoms in total. The molecule has 0 saturated carbocycles. The van der Waals surface area contributed by atoms with Crippen molar-refractivity contribution >= 4 is 11.0 Å². The fourth-order valence-corrected chi connectivity index (χ4v) is 2.84. The van der Waals surface area contributed by atoms with Gasteiger partial charge < -0.3 is 4.98 Å². The summed E-state index contributed by atoms with van der Waals surface area (Å²) in [6.07, 6.45) is 7.54. The van der Waals surface area contributed by atoms with Gasteiger partial charge in [0.05, 0.1) is 17.8 Å².